The number of ether oxygens (including phenoxy) is 1. The van der Waals surface area contributed by atoms with E-state index in [4.69, 9.17) is 4.74 Å². The van der Waals surface area contributed by atoms with Crippen molar-refractivity contribution in [1.29, 1.82) is 0 Å². The Kier molecular flexibility index (Phi) is 4.00. The molecule has 1 aliphatic rings. The van der Waals surface area contributed by atoms with Crippen LogP contribution in [-0.4, -0.2) is 17.5 Å². The molecule has 0 aromatic heterocycles. The first-order chi connectivity index (χ1) is 7.66. The van der Waals surface area contributed by atoms with Crippen LogP contribution in [0.15, 0.2) is 28.7 Å². The van der Waals surface area contributed by atoms with Crippen LogP contribution in [0.2, 0.25) is 0 Å². The van der Waals surface area contributed by atoms with Gasteiger partial charge in [0.2, 0.25) is 0 Å². The van der Waals surface area contributed by atoms with Gasteiger partial charge in [0.1, 0.15) is 0 Å². The Morgan fingerprint density at radius 2 is 2.00 bits per heavy atom. The van der Waals surface area contributed by atoms with Gasteiger partial charge in [0, 0.05) is 10.4 Å². The SMILES string of the molecule is CC(O)O[C@@H]1CCC[C@H]1c1ccc(Br)cc1. The Morgan fingerprint density at radius 3 is 2.62 bits per heavy atom. The van der Waals surface area contributed by atoms with Crippen LogP contribution in [0.3, 0.4) is 0 Å². The molecule has 1 saturated carbocycles. The second-order valence-corrected chi connectivity index (χ2v) is 5.28. The minimum atomic E-state index is -0.666. The molecule has 0 radical (unpaired) electrons. The number of halogens is 1. The Labute approximate surface area is 105 Å². The van der Waals surface area contributed by atoms with Crippen LogP contribution in [0.1, 0.15) is 37.7 Å². The number of hydrogen-bond acceptors (Lipinski definition) is 2. The van der Waals surface area contributed by atoms with Gasteiger partial charge in [-0.25, -0.2) is 0 Å². The quantitative estimate of drug-likeness (QED) is 0.862. The maximum absolute atomic E-state index is 9.29. The van der Waals surface area contributed by atoms with E-state index >= 15 is 0 Å². The van der Waals surface area contributed by atoms with Crippen molar-refractivity contribution in [2.75, 3.05) is 0 Å². The molecule has 1 unspecified atom stereocenters. The number of aliphatic hydroxyl groups is 1. The first-order valence-corrected chi connectivity index (χ1v) is 6.55. The Hall–Kier alpha value is -0.380. The summed E-state index contributed by atoms with van der Waals surface area (Å²) in [6, 6.07) is 8.40. The highest BCUT2D eigenvalue weighted by molar-refractivity contribution is 9.10. The molecule has 2 rings (SSSR count). The average molecular weight is 285 g/mol. The molecule has 3 heteroatoms. The van der Waals surface area contributed by atoms with E-state index in [2.05, 4.69) is 40.2 Å². The summed E-state index contributed by atoms with van der Waals surface area (Å²) < 4.78 is 6.65. The van der Waals surface area contributed by atoms with Gasteiger partial charge in [-0.1, -0.05) is 34.5 Å². The van der Waals surface area contributed by atoms with Crippen molar-refractivity contribution in [1.82, 2.24) is 0 Å². The molecule has 1 N–H and O–H groups in total. The topological polar surface area (TPSA) is 29.5 Å². The molecule has 3 atom stereocenters. The summed E-state index contributed by atoms with van der Waals surface area (Å²) in [4.78, 5) is 0. The number of aliphatic hydroxyl groups excluding tert-OH is 1. The van der Waals surface area contributed by atoms with E-state index in [0.29, 0.717) is 5.92 Å². The monoisotopic (exact) mass is 284 g/mol. The van der Waals surface area contributed by atoms with Crippen molar-refractivity contribution in [3.63, 3.8) is 0 Å². The molecule has 2 nitrogen and oxygen atoms in total. The lowest BCUT2D eigenvalue weighted by Crippen LogP contribution is -2.22. The Balaban J connectivity index is 2.10. The summed E-state index contributed by atoms with van der Waals surface area (Å²) in [5.74, 6) is 0.433. The first-order valence-electron chi connectivity index (χ1n) is 5.76. The van der Waals surface area contributed by atoms with Gasteiger partial charge in [-0.3, -0.25) is 0 Å². The van der Waals surface area contributed by atoms with E-state index in [1.807, 2.05) is 0 Å². The molecule has 0 aliphatic heterocycles. The second-order valence-electron chi connectivity index (χ2n) is 4.36. The fourth-order valence-corrected chi connectivity index (χ4v) is 2.70. The van der Waals surface area contributed by atoms with E-state index < -0.39 is 6.29 Å². The zero-order valence-electron chi connectivity index (χ0n) is 9.40. The highest BCUT2D eigenvalue weighted by Crippen LogP contribution is 2.37. The van der Waals surface area contributed by atoms with Crippen LogP contribution >= 0.6 is 15.9 Å². The normalized spacial score (nSPS) is 26.9. The molecule has 0 spiro atoms. The summed E-state index contributed by atoms with van der Waals surface area (Å²) >= 11 is 3.44. The van der Waals surface area contributed by atoms with Crippen molar-refractivity contribution >= 4 is 15.9 Å². The van der Waals surface area contributed by atoms with Crippen molar-refractivity contribution < 1.29 is 9.84 Å². The van der Waals surface area contributed by atoms with Crippen LogP contribution in [-0.2, 0) is 4.74 Å². The lowest BCUT2D eigenvalue weighted by molar-refractivity contribution is -0.125. The standard InChI is InChI=1S/C13H17BrO2/c1-9(15)16-13-4-2-3-12(13)10-5-7-11(14)8-6-10/h5-9,12-13,15H,2-4H2,1H3/t9?,12-,13+/m0/s1. The van der Waals surface area contributed by atoms with Crippen LogP contribution in [0.5, 0.6) is 0 Å². The van der Waals surface area contributed by atoms with E-state index in [0.717, 1.165) is 17.3 Å². The van der Waals surface area contributed by atoms with Crippen LogP contribution in [0.4, 0.5) is 0 Å². The van der Waals surface area contributed by atoms with Gasteiger partial charge in [-0.15, -0.1) is 0 Å². The number of rotatable bonds is 3. The lowest BCUT2D eigenvalue weighted by atomic mass is 9.96. The largest absolute Gasteiger partial charge is 0.368 e. The van der Waals surface area contributed by atoms with E-state index in [1.54, 1.807) is 6.92 Å². The molecule has 0 bridgehead atoms. The maximum Gasteiger partial charge on any atom is 0.152 e. The predicted octanol–water partition coefficient (Wildman–Crippen LogP) is 3.44. The summed E-state index contributed by atoms with van der Waals surface area (Å²) in [6.45, 7) is 1.68. The zero-order valence-corrected chi connectivity index (χ0v) is 11.0. The minimum absolute atomic E-state index is 0.168. The molecule has 0 amide bonds. The zero-order chi connectivity index (χ0) is 11.5. The van der Waals surface area contributed by atoms with Crippen LogP contribution in [0.25, 0.3) is 0 Å². The number of hydrogen-bond donors (Lipinski definition) is 1. The van der Waals surface area contributed by atoms with Gasteiger partial charge in [0.15, 0.2) is 6.29 Å². The van der Waals surface area contributed by atoms with Gasteiger partial charge < -0.3 is 9.84 Å². The predicted molar refractivity (Wildman–Crippen MR) is 67.3 cm³/mol. The summed E-state index contributed by atoms with van der Waals surface area (Å²) in [7, 11) is 0. The lowest BCUT2D eigenvalue weighted by Gasteiger charge is -2.22. The molecular formula is C13H17BrO2. The molecule has 1 fully saturated rings. The molecule has 0 saturated heterocycles. The van der Waals surface area contributed by atoms with Gasteiger partial charge in [-0.05, 0) is 37.5 Å². The molecular weight excluding hydrogens is 268 g/mol. The van der Waals surface area contributed by atoms with Gasteiger partial charge in [-0.2, -0.15) is 0 Å². The second kappa shape index (κ2) is 5.30. The first kappa shape index (κ1) is 12.1. The average Bonchev–Trinajstić information content (AvgIpc) is 2.66. The van der Waals surface area contributed by atoms with Crippen molar-refractivity contribution in [3.8, 4) is 0 Å². The molecule has 0 heterocycles. The Bertz CT molecular complexity index is 334. The number of benzene rings is 1. The van der Waals surface area contributed by atoms with Crippen molar-refractivity contribution in [2.24, 2.45) is 0 Å². The van der Waals surface area contributed by atoms with Crippen LogP contribution < -0.4 is 0 Å². The maximum atomic E-state index is 9.29. The minimum Gasteiger partial charge on any atom is -0.368 e. The van der Waals surface area contributed by atoms with Gasteiger partial charge in [0.05, 0.1) is 6.10 Å². The third-order valence-electron chi connectivity index (χ3n) is 3.12. The van der Waals surface area contributed by atoms with Crippen molar-refractivity contribution in [2.45, 2.75) is 44.5 Å². The van der Waals surface area contributed by atoms with Gasteiger partial charge in [0.25, 0.3) is 0 Å². The molecule has 1 aromatic rings. The summed E-state index contributed by atoms with van der Waals surface area (Å²) in [5.41, 5.74) is 1.31. The fraction of sp³-hybridized carbons (Fsp3) is 0.538. The van der Waals surface area contributed by atoms with Crippen molar-refractivity contribution in [3.05, 3.63) is 34.3 Å². The third kappa shape index (κ3) is 2.84. The molecule has 1 aliphatic carbocycles. The van der Waals surface area contributed by atoms with E-state index in [9.17, 15) is 5.11 Å². The summed E-state index contributed by atoms with van der Waals surface area (Å²) in [5, 5.41) is 9.29. The molecule has 16 heavy (non-hydrogen) atoms. The third-order valence-corrected chi connectivity index (χ3v) is 3.65. The highest BCUT2D eigenvalue weighted by Gasteiger charge is 2.30. The van der Waals surface area contributed by atoms with E-state index in [1.165, 1.54) is 12.0 Å². The smallest absolute Gasteiger partial charge is 0.152 e. The summed E-state index contributed by atoms with van der Waals surface area (Å²) in [6.07, 6.45) is 2.88. The highest BCUT2D eigenvalue weighted by atomic mass is 79.9. The Morgan fingerprint density at radius 1 is 1.31 bits per heavy atom. The fourth-order valence-electron chi connectivity index (χ4n) is 2.43. The molecule has 1 aromatic carbocycles. The van der Waals surface area contributed by atoms with E-state index in [-0.39, 0.29) is 6.10 Å². The van der Waals surface area contributed by atoms with Crippen LogP contribution in [0, 0.1) is 0 Å². The molecule has 88 valence electrons. The van der Waals surface area contributed by atoms with Gasteiger partial charge >= 0.3 is 0 Å².